The SMILES string of the molecule is CNc1ccc(-c2ccc3c(c2)CN(C)CC3c2ccc3sccc3c2)nn1. The number of hydrogen-bond donors (Lipinski definition) is 1. The summed E-state index contributed by atoms with van der Waals surface area (Å²) < 4.78 is 1.35. The van der Waals surface area contributed by atoms with Gasteiger partial charge >= 0.3 is 0 Å². The Bertz CT molecular complexity index is 1130. The molecule has 28 heavy (non-hydrogen) atoms. The van der Waals surface area contributed by atoms with Crippen LogP contribution in [0, 0.1) is 0 Å². The van der Waals surface area contributed by atoms with Crippen LogP contribution in [0.2, 0.25) is 0 Å². The number of fused-ring (bicyclic) bond motifs is 2. The van der Waals surface area contributed by atoms with Crippen molar-refractivity contribution >= 4 is 27.2 Å². The van der Waals surface area contributed by atoms with Crippen molar-refractivity contribution in [2.45, 2.75) is 12.5 Å². The van der Waals surface area contributed by atoms with E-state index in [4.69, 9.17) is 0 Å². The Balaban J connectivity index is 1.54. The molecule has 0 amide bonds. The minimum Gasteiger partial charge on any atom is -0.372 e. The summed E-state index contributed by atoms with van der Waals surface area (Å²) in [5, 5.41) is 15.1. The topological polar surface area (TPSA) is 41.0 Å². The molecule has 1 N–H and O–H groups in total. The van der Waals surface area contributed by atoms with Crippen LogP contribution in [-0.4, -0.2) is 35.7 Å². The second kappa shape index (κ2) is 7.00. The molecule has 4 aromatic rings. The van der Waals surface area contributed by atoms with E-state index in [9.17, 15) is 0 Å². The molecule has 0 fully saturated rings. The highest BCUT2D eigenvalue weighted by molar-refractivity contribution is 7.17. The van der Waals surface area contributed by atoms with Gasteiger partial charge in [0, 0.05) is 36.3 Å². The number of aromatic nitrogens is 2. The molecular weight excluding hydrogens is 364 g/mol. The first-order valence-electron chi connectivity index (χ1n) is 9.51. The molecule has 0 bridgehead atoms. The van der Waals surface area contributed by atoms with Crippen molar-refractivity contribution in [2.75, 3.05) is 26.0 Å². The molecule has 2 aromatic heterocycles. The van der Waals surface area contributed by atoms with Gasteiger partial charge in [-0.05, 0) is 70.9 Å². The maximum atomic E-state index is 4.37. The van der Waals surface area contributed by atoms with E-state index in [0.29, 0.717) is 5.92 Å². The standard InChI is InChI=1S/C23H22N4S/c1-24-23-8-6-21(25-26-23)16-3-5-19-18(12-16)13-27(2)14-20(19)15-4-7-22-17(11-15)9-10-28-22/h3-12,20H,13-14H2,1-2H3,(H,24,26). The van der Waals surface area contributed by atoms with Crippen LogP contribution in [0.5, 0.6) is 0 Å². The van der Waals surface area contributed by atoms with Gasteiger partial charge in [-0.1, -0.05) is 18.2 Å². The molecule has 2 aromatic carbocycles. The first kappa shape index (κ1) is 17.3. The Hall–Kier alpha value is -2.76. The summed E-state index contributed by atoms with van der Waals surface area (Å²) in [6.45, 7) is 2.00. The summed E-state index contributed by atoms with van der Waals surface area (Å²) in [6.07, 6.45) is 0. The van der Waals surface area contributed by atoms with Crippen LogP contribution in [0.3, 0.4) is 0 Å². The highest BCUT2D eigenvalue weighted by atomic mass is 32.1. The van der Waals surface area contributed by atoms with Gasteiger partial charge in [-0.15, -0.1) is 21.5 Å². The molecule has 0 radical (unpaired) electrons. The Morgan fingerprint density at radius 2 is 1.96 bits per heavy atom. The molecule has 0 aliphatic carbocycles. The number of thiophene rings is 1. The van der Waals surface area contributed by atoms with Crippen LogP contribution in [0.25, 0.3) is 21.3 Å². The lowest BCUT2D eigenvalue weighted by molar-refractivity contribution is 0.295. The molecule has 1 aliphatic rings. The molecule has 1 unspecified atom stereocenters. The number of rotatable bonds is 3. The lowest BCUT2D eigenvalue weighted by Gasteiger charge is -2.33. The maximum Gasteiger partial charge on any atom is 0.148 e. The normalized spacial score (nSPS) is 16.9. The van der Waals surface area contributed by atoms with Gasteiger partial charge < -0.3 is 10.2 Å². The van der Waals surface area contributed by atoms with Crippen molar-refractivity contribution < 1.29 is 0 Å². The monoisotopic (exact) mass is 386 g/mol. The molecule has 0 saturated carbocycles. The molecular formula is C23H22N4S. The minimum absolute atomic E-state index is 0.393. The molecule has 0 saturated heterocycles. The third-order valence-corrected chi connectivity index (χ3v) is 6.45. The second-order valence-corrected chi connectivity index (χ2v) is 8.38. The molecule has 1 atom stereocenters. The average Bonchev–Trinajstić information content (AvgIpc) is 3.20. The summed E-state index contributed by atoms with van der Waals surface area (Å²) in [7, 11) is 4.05. The highest BCUT2D eigenvalue weighted by Gasteiger charge is 2.25. The van der Waals surface area contributed by atoms with Gasteiger partial charge in [-0.25, -0.2) is 0 Å². The van der Waals surface area contributed by atoms with Crippen molar-refractivity contribution in [1.82, 2.24) is 15.1 Å². The lowest BCUT2D eigenvalue weighted by Crippen LogP contribution is -2.31. The fourth-order valence-electron chi connectivity index (χ4n) is 4.11. The Labute approximate surface area is 168 Å². The van der Waals surface area contributed by atoms with Crippen LogP contribution in [0.1, 0.15) is 22.6 Å². The molecule has 3 heterocycles. The number of anilines is 1. The zero-order valence-electron chi connectivity index (χ0n) is 16.0. The molecule has 140 valence electrons. The average molecular weight is 387 g/mol. The van der Waals surface area contributed by atoms with E-state index in [2.05, 4.69) is 75.3 Å². The fourth-order valence-corrected chi connectivity index (χ4v) is 4.88. The largest absolute Gasteiger partial charge is 0.372 e. The Kier molecular flexibility index (Phi) is 4.34. The van der Waals surface area contributed by atoms with E-state index in [0.717, 1.165) is 30.2 Å². The Morgan fingerprint density at radius 1 is 1.04 bits per heavy atom. The van der Waals surface area contributed by atoms with Crippen molar-refractivity contribution in [1.29, 1.82) is 0 Å². The van der Waals surface area contributed by atoms with E-state index >= 15 is 0 Å². The van der Waals surface area contributed by atoms with E-state index in [1.165, 1.54) is 26.8 Å². The predicted molar refractivity (Wildman–Crippen MR) is 117 cm³/mol. The molecule has 5 rings (SSSR count). The van der Waals surface area contributed by atoms with Crippen molar-refractivity contribution in [3.63, 3.8) is 0 Å². The van der Waals surface area contributed by atoms with Gasteiger partial charge in [-0.2, -0.15) is 0 Å². The van der Waals surface area contributed by atoms with Gasteiger partial charge in [0.25, 0.3) is 0 Å². The number of likely N-dealkylation sites (N-methyl/N-ethyl adjacent to an activating group) is 1. The van der Waals surface area contributed by atoms with Crippen molar-refractivity contribution in [3.8, 4) is 11.3 Å². The van der Waals surface area contributed by atoms with Crippen molar-refractivity contribution in [3.05, 3.63) is 76.7 Å². The number of hydrogen-bond acceptors (Lipinski definition) is 5. The zero-order chi connectivity index (χ0) is 19.1. The van der Waals surface area contributed by atoms with Gasteiger partial charge in [0.05, 0.1) is 5.69 Å². The van der Waals surface area contributed by atoms with E-state index in [1.807, 2.05) is 19.2 Å². The van der Waals surface area contributed by atoms with Gasteiger partial charge in [-0.3, -0.25) is 0 Å². The summed E-state index contributed by atoms with van der Waals surface area (Å²) in [5.41, 5.74) is 6.23. The maximum absolute atomic E-state index is 4.37. The molecule has 1 aliphatic heterocycles. The number of nitrogens with zero attached hydrogens (tertiary/aromatic N) is 3. The van der Waals surface area contributed by atoms with E-state index < -0.39 is 0 Å². The Morgan fingerprint density at radius 3 is 2.79 bits per heavy atom. The minimum atomic E-state index is 0.393. The van der Waals surface area contributed by atoms with Gasteiger partial charge in [0.1, 0.15) is 5.82 Å². The van der Waals surface area contributed by atoms with Crippen LogP contribution in [0.4, 0.5) is 5.82 Å². The second-order valence-electron chi connectivity index (χ2n) is 7.43. The first-order chi connectivity index (χ1) is 13.7. The molecule has 5 heteroatoms. The van der Waals surface area contributed by atoms with Gasteiger partial charge in [0.15, 0.2) is 0 Å². The molecule has 0 spiro atoms. The van der Waals surface area contributed by atoms with Crippen LogP contribution < -0.4 is 5.32 Å². The number of benzene rings is 2. The third-order valence-electron chi connectivity index (χ3n) is 5.55. The van der Waals surface area contributed by atoms with Crippen LogP contribution in [-0.2, 0) is 6.54 Å². The smallest absolute Gasteiger partial charge is 0.148 e. The van der Waals surface area contributed by atoms with E-state index in [1.54, 1.807) is 11.3 Å². The lowest BCUT2D eigenvalue weighted by atomic mass is 9.83. The fraction of sp³-hybridized carbons (Fsp3) is 0.217. The van der Waals surface area contributed by atoms with Crippen LogP contribution >= 0.6 is 11.3 Å². The van der Waals surface area contributed by atoms with Crippen LogP contribution in [0.15, 0.2) is 60.0 Å². The molecule has 4 nitrogen and oxygen atoms in total. The highest BCUT2D eigenvalue weighted by Crippen LogP contribution is 2.36. The zero-order valence-corrected chi connectivity index (χ0v) is 16.8. The van der Waals surface area contributed by atoms with E-state index in [-0.39, 0.29) is 0 Å². The summed E-state index contributed by atoms with van der Waals surface area (Å²) in [6, 6.07) is 19.9. The third kappa shape index (κ3) is 3.07. The van der Waals surface area contributed by atoms with Crippen molar-refractivity contribution in [2.24, 2.45) is 0 Å². The quantitative estimate of drug-likeness (QED) is 0.539. The first-order valence-corrected chi connectivity index (χ1v) is 10.4. The van der Waals surface area contributed by atoms with Gasteiger partial charge in [0.2, 0.25) is 0 Å². The predicted octanol–water partition coefficient (Wildman–Crippen LogP) is 4.98. The summed E-state index contributed by atoms with van der Waals surface area (Å²) in [5.74, 6) is 1.18. The number of nitrogens with one attached hydrogen (secondary N) is 1. The summed E-state index contributed by atoms with van der Waals surface area (Å²) >= 11 is 1.80. The summed E-state index contributed by atoms with van der Waals surface area (Å²) in [4.78, 5) is 2.41.